The molecule has 0 aliphatic heterocycles. The second kappa shape index (κ2) is 8.14. The van der Waals surface area contributed by atoms with E-state index < -0.39 is 26.8 Å². The number of nitrogens with zero attached hydrogens (tertiary/aromatic N) is 5. The Kier molecular flexibility index (Phi) is 5.45. The van der Waals surface area contributed by atoms with Gasteiger partial charge in [-0.1, -0.05) is 6.07 Å². The van der Waals surface area contributed by atoms with E-state index in [4.69, 9.17) is 0 Å². The van der Waals surface area contributed by atoms with E-state index in [2.05, 4.69) is 9.82 Å². The average molecular weight is 517 g/mol. The zero-order valence-electron chi connectivity index (χ0n) is 19.4. The fraction of sp³-hybridized carbons (Fsp3) is 0.364. The van der Waals surface area contributed by atoms with Crippen LogP contribution in [0.1, 0.15) is 30.9 Å². The second-order valence-corrected chi connectivity index (χ2v) is 12.2. The second-order valence-electron chi connectivity index (χ2n) is 9.22. The molecule has 0 radical (unpaired) electrons. The average Bonchev–Trinajstić information content (AvgIpc) is 3.16. The molecule has 0 amide bonds. The molecular weight excluding hydrogens is 492 g/mol. The van der Waals surface area contributed by atoms with Gasteiger partial charge in [-0.3, -0.25) is 23.4 Å². The largest absolute Gasteiger partial charge is 0.332 e. The molecular formula is C22H24N6O5S2. The van der Waals surface area contributed by atoms with Crippen molar-refractivity contribution in [2.24, 2.45) is 14.1 Å². The summed E-state index contributed by atoms with van der Waals surface area (Å²) in [4.78, 5) is 39.0. The standard InChI is InChI=1S/C22H24N6O5S2/c1-22(6-7-22)24-35(32,33)18-8-16-19(30)27(13-15-9-23-26(3)11-15)21(31)28(20(16)34-18)12-14-4-5-17(29)25(2)10-14/h4-5,8-11,24H,6-7,12-13H2,1-3H3. The van der Waals surface area contributed by atoms with E-state index in [1.807, 2.05) is 6.92 Å². The monoisotopic (exact) mass is 516 g/mol. The highest BCUT2D eigenvalue weighted by Gasteiger charge is 2.41. The summed E-state index contributed by atoms with van der Waals surface area (Å²) in [5, 5.41) is 4.24. The molecule has 4 aromatic heterocycles. The summed E-state index contributed by atoms with van der Waals surface area (Å²) in [6.45, 7) is 1.87. The van der Waals surface area contributed by atoms with Gasteiger partial charge in [-0.2, -0.15) is 5.10 Å². The number of rotatable bonds is 7. The maximum absolute atomic E-state index is 13.5. The number of hydrogen-bond acceptors (Lipinski definition) is 7. The molecule has 1 fully saturated rings. The summed E-state index contributed by atoms with van der Waals surface area (Å²) < 4.78 is 34.2. The van der Waals surface area contributed by atoms with Gasteiger partial charge < -0.3 is 4.57 Å². The van der Waals surface area contributed by atoms with E-state index in [1.165, 1.54) is 21.3 Å². The Labute approximate surface area is 203 Å². The fourth-order valence-electron chi connectivity index (χ4n) is 3.92. The van der Waals surface area contributed by atoms with Crippen molar-refractivity contribution in [3.63, 3.8) is 0 Å². The van der Waals surface area contributed by atoms with Gasteiger partial charge in [0.2, 0.25) is 5.56 Å². The van der Waals surface area contributed by atoms with Gasteiger partial charge in [-0.05, 0) is 31.4 Å². The summed E-state index contributed by atoms with van der Waals surface area (Å²) in [6, 6.07) is 4.35. The lowest BCUT2D eigenvalue weighted by Crippen LogP contribution is -2.40. The summed E-state index contributed by atoms with van der Waals surface area (Å²) >= 11 is 0.888. The van der Waals surface area contributed by atoms with Crippen LogP contribution >= 0.6 is 11.3 Å². The van der Waals surface area contributed by atoms with E-state index in [0.29, 0.717) is 11.1 Å². The molecule has 35 heavy (non-hydrogen) atoms. The first kappa shape index (κ1) is 23.5. The van der Waals surface area contributed by atoms with Crippen molar-refractivity contribution in [1.29, 1.82) is 0 Å². The third-order valence-electron chi connectivity index (χ3n) is 6.10. The quantitative estimate of drug-likeness (QED) is 0.383. The highest BCUT2D eigenvalue weighted by Crippen LogP contribution is 2.37. The molecule has 13 heteroatoms. The molecule has 4 heterocycles. The number of fused-ring (bicyclic) bond motifs is 1. The van der Waals surface area contributed by atoms with Crippen LogP contribution in [0.4, 0.5) is 0 Å². The van der Waals surface area contributed by atoms with Gasteiger partial charge in [0.1, 0.15) is 9.04 Å². The lowest BCUT2D eigenvalue weighted by molar-refractivity contribution is 0.560. The Morgan fingerprint density at radius 1 is 1.06 bits per heavy atom. The Morgan fingerprint density at radius 2 is 1.77 bits per heavy atom. The van der Waals surface area contributed by atoms with Gasteiger partial charge in [0.15, 0.2) is 0 Å². The lowest BCUT2D eigenvalue weighted by Gasteiger charge is -2.12. The first-order valence-corrected chi connectivity index (χ1v) is 13.2. The van der Waals surface area contributed by atoms with E-state index >= 15 is 0 Å². The number of pyridine rings is 1. The lowest BCUT2D eigenvalue weighted by atomic mass is 10.2. The molecule has 0 aromatic carbocycles. The van der Waals surface area contributed by atoms with E-state index in [1.54, 1.807) is 43.4 Å². The van der Waals surface area contributed by atoms with Crippen LogP contribution in [0.25, 0.3) is 10.2 Å². The van der Waals surface area contributed by atoms with E-state index in [0.717, 1.165) is 28.7 Å². The zero-order valence-corrected chi connectivity index (χ0v) is 21.0. The van der Waals surface area contributed by atoms with Gasteiger partial charge in [0.25, 0.3) is 15.6 Å². The minimum atomic E-state index is -3.87. The summed E-state index contributed by atoms with van der Waals surface area (Å²) in [5.41, 5.74) is -0.509. The minimum absolute atomic E-state index is 0.0109. The van der Waals surface area contributed by atoms with Crippen LogP contribution in [-0.4, -0.2) is 37.4 Å². The van der Waals surface area contributed by atoms with E-state index in [-0.39, 0.29) is 33.1 Å². The normalized spacial score (nSPS) is 15.1. The number of nitrogens with one attached hydrogen (secondary N) is 1. The number of thiophene rings is 1. The highest BCUT2D eigenvalue weighted by molar-refractivity contribution is 7.91. The van der Waals surface area contributed by atoms with Gasteiger partial charge >= 0.3 is 5.69 Å². The molecule has 11 nitrogen and oxygen atoms in total. The fourth-order valence-corrected chi connectivity index (χ4v) is 6.82. The molecule has 1 aliphatic carbocycles. The third kappa shape index (κ3) is 4.42. The van der Waals surface area contributed by atoms with Crippen molar-refractivity contribution in [2.45, 2.75) is 42.6 Å². The summed E-state index contributed by atoms with van der Waals surface area (Å²) in [7, 11) is -0.533. The Bertz CT molecular complexity index is 1750. The molecule has 0 atom stereocenters. The molecule has 0 unspecified atom stereocenters. The number of aromatic nitrogens is 5. The molecule has 0 saturated heterocycles. The summed E-state index contributed by atoms with van der Waals surface area (Å²) in [6.07, 6.45) is 6.37. The predicted molar refractivity (Wildman–Crippen MR) is 131 cm³/mol. The summed E-state index contributed by atoms with van der Waals surface area (Å²) in [5.74, 6) is 0. The van der Waals surface area contributed by atoms with Crippen LogP contribution in [0.3, 0.4) is 0 Å². The zero-order chi connectivity index (χ0) is 25.1. The Balaban J connectivity index is 1.70. The van der Waals surface area contributed by atoms with Crippen LogP contribution in [-0.2, 0) is 37.2 Å². The smallest absolute Gasteiger partial charge is 0.318 e. The maximum atomic E-state index is 13.5. The van der Waals surface area contributed by atoms with Gasteiger partial charge in [0, 0.05) is 43.7 Å². The molecule has 5 rings (SSSR count). The number of aryl methyl sites for hydroxylation is 2. The van der Waals surface area contributed by atoms with Crippen LogP contribution in [0.15, 0.2) is 55.4 Å². The van der Waals surface area contributed by atoms with Crippen LogP contribution in [0.2, 0.25) is 0 Å². The van der Waals surface area contributed by atoms with Gasteiger partial charge in [-0.15, -0.1) is 11.3 Å². The number of sulfonamides is 1. The van der Waals surface area contributed by atoms with Crippen LogP contribution in [0, 0.1) is 0 Å². The van der Waals surface area contributed by atoms with Gasteiger partial charge in [0.05, 0.1) is 24.7 Å². The first-order valence-electron chi connectivity index (χ1n) is 10.9. The molecule has 4 aromatic rings. The molecule has 1 aliphatic rings. The molecule has 0 bridgehead atoms. The minimum Gasteiger partial charge on any atom is -0.318 e. The van der Waals surface area contributed by atoms with Crippen molar-refractivity contribution in [3.05, 3.63) is 79.1 Å². The number of hydrogen-bond donors (Lipinski definition) is 1. The predicted octanol–water partition coefficient (Wildman–Crippen LogP) is 0.584. The van der Waals surface area contributed by atoms with Crippen molar-refractivity contribution in [2.75, 3.05) is 0 Å². The van der Waals surface area contributed by atoms with Crippen LogP contribution in [0.5, 0.6) is 0 Å². The Morgan fingerprint density at radius 3 is 2.40 bits per heavy atom. The van der Waals surface area contributed by atoms with Crippen molar-refractivity contribution in [1.82, 2.24) is 28.2 Å². The SMILES string of the molecule is Cn1cc(Cn2c(=O)c3cc(S(=O)(=O)NC4(C)CC4)sc3n(Cc3ccc(=O)n(C)c3)c2=O)cn1. The third-order valence-corrected chi connectivity index (χ3v) is 9.37. The van der Waals surface area contributed by atoms with E-state index in [9.17, 15) is 22.8 Å². The highest BCUT2D eigenvalue weighted by atomic mass is 32.2. The van der Waals surface area contributed by atoms with Crippen molar-refractivity contribution >= 4 is 31.6 Å². The molecule has 1 saturated carbocycles. The maximum Gasteiger partial charge on any atom is 0.332 e. The van der Waals surface area contributed by atoms with Gasteiger partial charge in [-0.25, -0.2) is 17.9 Å². The Hall–Kier alpha value is -3.29. The molecule has 1 N–H and O–H groups in total. The van der Waals surface area contributed by atoms with Crippen molar-refractivity contribution < 1.29 is 8.42 Å². The topological polar surface area (TPSA) is 130 Å². The first-order chi connectivity index (χ1) is 16.5. The molecule has 0 spiro atoms. The van der Waals surface area contributed by atoms with Crippen molar-refractivity contribution in [3.8, 4) is 0 Å². The molecule has 184 valence electrons. The van der Waals surface area contributed by atoms with Crippen LogP contribution < -0.4 is 21.5 Å².